The standard InChI is InChI=1S/C18H27N5O2.2ClH/c1-10-14(12(3)20-17-16(10)18(25)21-22(17)5)6-7-15(24)23-9-8-19-11(2)13(23)4;;/h11,13,19H,6-9H2,1-5H3,(H,21,25);2*1H. The normalized spacial score (nSPS) is 19.5. The maximum Gasteiger partial charge on any atom is 0.273 e. The van der Waals surface area contributed by atoms with Crippen molar-refractivity contribution in [1.29, 1.82) is 0 Å². The van der Waals surface area contributed by atoms with Crippen molar-refractivity contribution in [3.05, 3.63) is 27.2 Å². The summed E-state index contributed by atoms with van der Waals surface area (Å²) in [6.45, 7) is 9.67. The molecule has 2 unspecified atom stereocenters. The Morgan fingerprint density at radius 1 is 1.26 bits per heavy atom. The Hall–Kier alpha value is -1.57. The third kappa shape index (κ3) is 4.31. The zero-order valence-corrected chi connectivity index (χ0v) is 18.1. The van der Waals surface area contributed by atoms with Gasteiger partial charge in [-0.3, -0.25) is 19.4 Å². The zero-order chi connectivity index (χ0) is 18.3. The first kappa shape index (κ1) is 23.5. The number of nitrogens with zero attached hydrogens (tertiary/aromatic N) is 3. The number of amides is 1. The second-order valence-electron chi connectivity index (χ2n) is 7.07. The highest BCUT2D eigenvalue weighted by Gasteiger charge is 2.28. The van der Waals surface area contributed by atoms with Crippen molar-refractivity contribution in [2.45, 2.75) is 52.6 Å². The Labute approximate surface area is 171 Å². The van der Waals surface area contributed by atoms with Crippen LogP contribution in [-0.4, -0.2) is 50.7 Å². The van der Waals surface area contributed by atoms with Crippen LogP contribution in [0.3, 0.4) is 0 Å². The maximum absolute atomic E-state index is 12.7. The summed E-state index contributed by atoms with van der Waals surface area (Å²) in [5.41, 5.74) is 3.36. The van der Waals surface area contributed by atoms with E-state index in [1.165, 1.54) is 0 Å². The van der Waals surface area contributed by atoms with Gasteiger partial charge >= 0.3 is 0 Å². The molecule has 1 fully saturated rings. The van der Waals surface area contributed by atoms with Gasteiger partial charge in [0, 0.05) is 44.3 Å². The molecule has 0 radical (unpaired) electrons. The average molecular weight is 418 g/mol. The molecular formula is C18H29Cl2N5O2. The van der Waals surface area contributed by atoms with E-state index < -0.39 is 0 Å². The maximum atomic E-state index is 12.7. The molecule has 2 aromatic rings. The third-order valence-corrected chi connectivity index (χ3v) is 5.52. The molecule has 2 N–H and O–H groups in total. The molecule has 0 aliphatic carbocycles. The monoisotopic (exact) mass is 417 g/mol. The van der Waals surface area contributed by atoms with Gasteiger partial charge in [0.2, 0.25) is 5.91 Å². The molecular weight excluding hydrogens is 389 g/mol. The molecule has 152 valence electrons. The number of fused-ring (bicyclic) bond motifs is 1. The highest BCUT2D eigenvalue weighted by Crippen LogP contribution is 2.22. The lowest BCUT2D eigenvalue weighted by Crippen LogP contribution is -2.57. The lowest BCUT2D eigenvalue weighted by molar-refractivity contribution is -0.134. The molecule has 27 heavy (non-hydrogen) atoms. The first-order valence-corrected chi connectivity index (χ1v) is 8.89. The number of carbonyl (C=O) groups excluding carboxylic acids is 1. The predicted octanol–water partition coefficient (Wildman–Crippen LogP) is 1.86. The minimum atomic E-state index is -0.125. The van der Waals surface area contributed by atoms with Gasteiger partial charge in [-0.2, -0.15) is 0 Å². The van der Waals surface area contributed by atoms with Gasteiger partial charge in [0.25, 0.3) is 5.56 Å². The molecule has 1 aliphatic rings. The largest absolute Gasteiger partial charge is 0.337 e. The minimum absolute atomic E-state index is 0. The van der Waals surface area contributed by atoms with Crippen LogP contribution in [-0.2, 0) is 18.3 Å². The van der Waals surface area contributed by atoms with Crippen LogP contribution in [0.15, 0.2) is 4.79 Å². The molecule has 0 aromatic carbocycles. The second-order valence-corrected chi connectivity index (χ2v) is 7.07. The first-order chi connectivity index (χ1) is 11.8. The summed E-state index contributed by atoms with van der Waals surface area (Å²) in [5.74, 6) is 0.168. The van der Waals surface area contributed by atoms with E-state index in [2.05, 4.69) is 29.2 Å². The van der Waals surface area contributed by atoms with Crippen LogP contribution in [0, 0.1) is 13.8 Å². The van der Waals surface area contributed by atoms with Crippen LogP contribution in [0.1, 0.15) is 37.1 Å². The van der Waals surface area contributed by atoms with Crippen LogP contribution in [0.4, 0.5) is 0 Å². The predicted molar refractivity (Wildman–Crippen MR) is 112 cm³/mol. The number of H-pyrrole nitrogens is 1. The number of rotatable bonds is 3. The summed E-state index contributed by atoms with van der Waals surface area (Å²) in [5, 5.41) is 6.77. The number of piperazine rings is 1. The van der Waals surface area contributed by atoms with Crippen LogP contribution in [0.2, 0.25) is 0 Å². The molecule has 0 spiro atoms. The van der Waals surface area contributed by atoms with E-state index in [4.69, 9.17) is 0 Å². The molecule has 1 amide bonds. The van der Waals surface area contributed by atoms with Crippen molar-refractivity contribution in [3.63, 3.8) is 0 Å². The minimum Gasteiger partial charge on any atom is -0.337 e. The summed E-state index contributed by atoms with van der Waals surface area (Å²) in [6, 6.07) is 0.503. The lowest BCUT2D eigenvalue weighted by atomic mass is 9.99. The van der Waals surface area contributed by atoms with Gasteiger partial charge in [-0.25, -0.2) is 4.98 Å². The van der Waals surface area contributed by atoms with E-state index in [9.17, 15) is 9.59 Å². The fraction of sp³-hybridized carbons (Fsp3) is 0.611. The van der Waals surface area contributed by atoms with Crippen LogP contribution >= 0.6 is 24.8 Å². The summed E-state index contributed by atoms with van der Waals surface area (Å²) in [7, 11) is 1.78. The molecule has 1 aliphatic heterocycles. The number of aryl methyl sites for hydroxylation is 3. The Morgan fingerprint density at radius 2 is 1.93 bits per heavy atom. The molecule has 0 saturated carbocycles. The van der Waals surface area contributed by atoms with E-state index in [-0.39, 0.29) is 42.3 Å². The van der Waals surface area contributed by atoms with Crippen molar-refractivity contribution < 1.29 is 4.79 Å². The molecule has 3 rings (SSSR count). The number of hydrogen-bond acceptors (Lipinski definition) is 4. The smallest absolute Gasteiger partial charge is 0.273 e. The number of aromatic nitrogens is 3. The Kier molecular flexibility index (Phi) is 7.89. The molecule has 1 saturated heterocycles. The number of pyridine rings is 1. The highest BCUT2D eigenvalue weighted by atomic mass is 35.5. The van der Waals surface area contributed by atoms with Crippen molar-refractivity contribution in [2.75, 3.05) is 13.1 Å². The summed E-state index contributed by atoms with van der Waals surface area (Å²) >= 11 is 0. The summed E-state index contributed by atoms with van der Waals surface area (Å²) in [6.07, 6.45) is 1.05. The van der Waals surface area contributed by atoms with Crippen LogP contribution in [0.25, 0.3) is 11.0 Å². The number of halogens is 2. The fourth-order valence-electron chi connectivity index (χ4n) is 3.80. The lowest BCUT2D eigenvalue weighted by Gasteiger charge is -2.38. The Balaban J connectivity index is 0.00000182. The fourth-order valence-corrected chi connectivity index (χ4v) is 3.80. The first-order valence-electron chi connectivity index (χ1n) is 8.89. The Morgan fingerprint density at radius 3 is 2.59 bits per heavy atom. The molecule has 7 nitrogen and oxygen atoms in total. The van der Waals surface area contributed by atoms with E-state index in [0.717, 1.165) is 29.9 Å². The van der Waals surface area contributed by atoms with Crippen molar-refractivity contribution in [2.24, 2.45) is 7.05 Å². The van der Waals surface area contributed by atoms with Gasteiger partial charge in [0.15, 0.2) is 5.65 Å². The topological polar surface area (TPSA) is 83.0 Å². The van der Waals surface area contributed by atoms with Gasteiger partial charge in [-0.1, -0.05) is 0 Å². The quantitative estimate of drug-likeness (QED) is 0.797. The van der Waals surface area contributed by atoms with Gasteiger partial charge in [-0.15, -0.1) is 24.8 Å². The van der Waals surface area contributed by atoms with Gasteiger partial charge in [0.1, 0.15) is 0 Å². The number of hydrogen-bond donors (Lipinski definition) is 2. The van der Waals surface area contributed by atoms with Crippen LogP contribution in [0.5, 0.6) is 0 Å². The van der Waals surface area contributed by atoms with E-state index in [0.29, 0.717) is 29.9 Å². The van der Waals surface area contributed by atoms with Gasteiger partial charge < -0.3 is 10.2 Å². The van der Waals surface area contributed by atoms with E-state index in [1.54, 1.807) is 11.7 Å². The SMILES string of the molecule is Cc1nc2c(c(C)c1CCC(=O)N1CCNC(C)C1C)c(=O)[nH]n2C.Cl.Cl. The molecule has 0 bridgehead atoms. The molecule has 3 heterocycles. The van der Waals surface area contributed by atoms with Gasteiger partial charge in [-0.05, 0) is 45.2 Å². The summed E-state index contributed by atoms with van der Waals surface area (Å²) in [4.78, 5) is 31.4. The van der Waals surface area contributed by atoms with E-state index >= 15 is 0 Å². The molecule has 2 atom stereocenters. The number of nitrogens with one attached hydrogen (secondary N) is 2. The number of aromatic amines is 1. The second kappa shape index (κ2) is 9.08. The van der Waals surface area contributed by atoms with Crippen molar-refractivity contribution >= 4 is 41.8 Å². The Bertz CT molecular complexity index is 877. The van der Waals surface area contributed by atoms with Crippen molar-refractivity contribution in [3.8, 4) is 0 Å². The molecule has 2 aromatic heterocycles. The van der Waals surface area contributed by atoms with E-state index in [1.807, 2.05) is 18.7 Å². The molecule has 9 heteroatoms. The third-order valence-electron chi connectivity index (χ3n) is 5.52. The zero-order valence-electron chi connectivity index (χ0n) is 16.5. The summed E-state index contributed by atoms with van der Waals surface area (Å²) < 4.78 is 1.65. The van der Waals surface area contributed by atoms with Gasteiger partial charge in [0.05, 0.1) is 5.39 Å². The number of carbonyl (C=O) groups is 1. The van der Waals surface area contributed by atoms with Crippen LogP contribution < -0.4 is 10.9 Å². The average Bonchev–Trinajstić information content (AvgIpc) is 2.83. The highest BCUT2D eigenvalue weighted by molar-refractivity contribution is 5.85. The van der Waals surface area contributed by atoms with Crippen molar-refractivity contribution in [1.82, 2.24) is 25.0 Å².